The smallest absolute Gasteiger partial charge is 0.309 e. The van der Waals surface area contributed by atoms with Gasteiger partial charge in [-0.2, -0.15) is 11.8 Å². The number of benzene rings is 1. The molecule has 2 aromatic rings. The van der Waals surface area contributed by atoms with Gasteiger partial charge >= 0.3 is 5.97 Å². The zero-order valence-electron chi connectivity index (χ0n) is 19.1. The van der Waals surface area contributed by atoms with Crippen molar-refractivity contribution in [3.8, 4) is 5.75 Å². The molecule has 1 aliphatic heterocycles. The maximum atomic E-state index is 11.6. The Balaban J connectivity index is 1.42. The summed E-state index contributed by atoms with van der Waals surface area (Å²) in [5.41, 5.74) is 3.80. The van der Waals surface area contributed by atoms with E-state index in [2.05, 4.69) is 24.0 Å². The third-order valence-electron chi connectivity index (χ3n) is 6.23. The van der Waals surface area contributed by atoms with Crippen molar-refractivity contribution in [3.05, 3.63) is 46.0 Å². The number of aliphatic carboxylic acids is 1. The Morgan fingerprint density at radius 1 is 1.28 bits per heavy atom. The SMILES string of the molecule is Cc1sc(N2CCSCC2)nc1CCOc1cccc2c1CCC=C2CC(C)(C)C(=O)O. The maximum Gasteiger partial charge on any atom is 0.309 e. The maximum absolute atomic E-state index is 11.6. The van der Waals surface area contributed by atoms with Gasteiger partial charge in [-0.3, -0.25) is 4.79 Å². The number of thiazole rings is 1. The highest BCUT2D eigenvalue weighted by Crippen LogP contribution is 2.39. The van der Waals surface area contributed by atoms with Crippen LogP contribution in [0.1, 0.15) is 48.4 Å². The van der Waals surface area contributed by atoms with Gasteiger partial charge in [-0.15, -0.1) is 11.3 Å². The number of carbonyl (C=O) groups is 1. The Bertz CT molecular complexity index is 1010. The molecule has 1 fully saturated rings. The lowest BCUT2D eigenvalue weighted by atomic mass is 9.79. The van der Waals surface area contributed by atoms with Crippen LogP contribution in [0.3, 0.4) is 0 Å². The molecule has 0 saturated carbocycles. The molecule has 5 nitrogen and oxygen atoms in total. The van der Waals surface area contributed by atoms with Crippen LogP contribution in [0.15, 0.2) is 24.3 Å². The molecule has 32 heavy (non-hydrogen) atoms. The van der Waals surface area contributed by atoms with Crippen LogP contribution < -0.4 is 9.64 Å². The Morgan fingerprint density at radius 2 is 2.06 bits per heavy atom. The van der Waals surface area contributed by atoms with Crippen LogP contribution in [0, 0.1) is 12.3 Å². The third kappa shape index (κ3) is 5.15. The van der Waals surface area contributed by atoms with Crippen molar-refractivity contribution < 1.29 is 14.6 Å². The highest BCUT2D eigenvalue weighted by atomic mass is 32.2. The van der Waals surface area contributed by atoms with Crippen molar-refractivity contribution >= 4 is 39.8 Å². The number of anilines is 1. The molecule has 0 amide bonds. The highest BCUT2D eigenvalue weighted by molar-refractivity contribution is 7.99. The lowest BCUT2D eigenvalue weighted by molar-refractivity contribution is -0.146. The summed E-state index contributed by atoms with van der Waals surface area (Å²) in [5.74, 6) is 2.51. The zero-order valence-corrected chi connectivity index (χ0v) is 20.8. The molecule has 1 aromatic heterocycles. The Hall–Kier alpha value is -1.99. The average Bonchev–Trinajstić information content (AvgIpc) is 3.15. The molecule has 0 bridgehead atoms. The highest BCUT2D eigenvalue weighted by Gasteiger charge is 2.30. The first-order chi connectivity index (χ1) is 15.3. The zero-order chi connectivity index (χ0) is 22.7. The number of carboxylic acid groups (broad SMARTS) is 1. The van der Waals surface area contributed by atoms with E-state index >= 15 is 0 Å². The molecule has 1 N–H and O–H groups in total. The summed E-state index contributed by atoms with van der Waals surface area (Å²) in [7, 11) is 0. The van der Waals surface area contributed by atoms with E-state index in [1.54, 1.807) is 25.2 Å². The van der Waals surface area contributed by atoms with Crippen LogP contribution in [0.5, 0.6) is 5.75 Å². The third-order valence-corrected chi connectivity index (χ3v) is 8.25. The molecule has 0 spiro atoms. The fraction of sp³-hybridized carbons (Fsp3) is 0.520. The molecule has 1 saturated heterocycles. The number of fused-ring (bicyclic) bond motifs is 1. The van der Waals surface area contributed by atoms with E-state index in [0.717, 1.165) is 60.1 Å². The number of aryl methyl sites for hydroxylation is 1. The predicted molar refractivity (Wildman–Crippen MR) is 134 cm³/mol. The van der Waals surface area contributed by atoms with Crippen molar-refractivity contribution in [2.45, 2.75) is 46.5 Å². The number of ether oxygens (including phenoxy) is 1. The second-order valence-electron chi connectivity index (χ2n) is 9.11. The monoisotopic (exact) mass is 472 g/mol. The number of allylic oxidation sites excluding steroid dienone is 2. The summed E-state index contributed by atoms with van der Waals surface area (Å²) in [4.78, 5) is 20.2. The molecule has 7 heteroatoms. The van der Waals surface area contributed by atoms with Gasteiger partial charge < -0.3 is 14.7 Å². The molecule has 2 aliphatic rings. The summed E-state index contributed by atoms with van der Waals surface area (Å²) in [6.07, 6.45) is 5.35. The van der Waals surface area contributed by atoms with Crippen LogP contribution in [0.4, 0.5) is 5.13 Å². The molecule has 0 unspecified atom stereocenters. The van der Waals surface area contributed by atoms with Gasteiger partial charge in [0.25, 0.3) is 0 Å². The van der Waals surface area contributed by atoms with E-state index in [0.29, 0.717) is 13.0 Å². The molecule has 1 aromatic carbocycles. The standard InChI is InChI=1S/C25H32N2O3S2/c1-17-21(26-24(32-17)27-11-14-31-15-12-27)10-13-30-22-9-5-7-19-18(6-4-8-20(19)22)16-25(2,3)23(28)29/h5-7,9H,4,8,10-16H2,1-3H3,(H,28,29). The minimum atomic E-state index is -0.787. The van der Waals surface area contributed by atoms with Gasteiger partial charge in [0.15, 0.2) is 5.13 Å². The van der Waals surface area contributed by atoms with Crippen LogP contribution in [-0.4, -0.2) is 47.3 Å². The largest absolute Gasteiger partial charge is 0.493 e. The summed E-state index contributed by atoms with van der Waals surface area (Å²) in [6.45, 7) is 8.49. The van der Waals surface area contributed by atoms with Gasteiger partial charge in [-0.1, -0.05) is 18.2 Å². The number of hydrogen-bond donors (Lipinski definition) is 1. The fourth-order valence-corrected chi connectivity index (χ4v) is 6.18. The molecule has 172 valence electrons. The topological polar surface area (TPSA) is 62.7 Å². The van der Waals surface area contributed by atoms with Gasteiger partial charge in [-0.05, 0) is 57.2 Å². The number of hydrogen-bond acceptors (Lipinski definition) is 6. The van der Waals surface area contributed by atoms with E-state index in [-0.39, 0.29) is 0 Å². The molecule has 1 aliphatic carbocycles. The second-order valence-corrected chi connectivity index (χ2v) is 11.5. The molecule has 2 heterocycles. The van der Waals surface area contributed by atoms with Crippen LogP contribution in [0.2, 0.25) is 0 Å². The number of rotatable bonds is 8. The van der Waals surface area contributed by atoms with Gasteiger partial charge in [0.2, 0.25) is 0 Å². The van der Waals surface area contributed by atoms with E-state index < -0.39 is 11.4 Å². The minimum absolute atomic E-state index is 0.522. The number of thioether (sulfide) groups is 1. The van der Waals surface area contributed by atoms with E-state index in [1.807, 2.05) is 23.9 Å². The van der Waals surface area contributed by atoms with Crippen molar-refractivity contribution in [3.63, 3.8) is 0 Å². The van der Waals surface area contributed by atoms with Crippen LogP contribution in [0.25, 0.3) is 5.57 Å². The second kappa shape index (κ2) is 9.87. The summed E-state index contributed by atoms with van der Waals surface area (Å²) < 4.78 is 6.25. The first kappa shape index (κ1) is 23.2. The van der Waals surface area contributed by atoms with E-state index in [4.69, 9.17) is 9.72 Å². The molecular formula is C25H32N2O3S2. The van der Waals surface area contributed by atoms with Gasteiger partial charge in [0, 0.05) is 41.5 Å². The summed E-state index contributed by atoms with van der Waals surface area (Å²) in [6, 6.07) is 6.15. The normalized spacial score (nSPS) is 16.5. The summed E-state index contributed by atoms with van der Waals surface area (Å²) in [5, 5.41) is 10.7. The molecule has 0 atom stereocenters. The van der Waals surface area contributed by atoms with Gasteiger partial charge in [0.1, 0.15) is 5.75 Å². The van der Waals surface area contributed by atoms with Crippen molar-refractivity contribution in [2.24, 2.45) is 5.41 Å². The van der Waals surface area contributed by atoms with Crippen molar-refractivity contribution in [2.75, 3.05) is 36.1 Å². The van der Waals surface area contributed by atoms with E-state index in [9.17, 15) is 9.90 Å². The fourth-order valence-electron chi connectivity index (χ4n) is 4.27. The van der Waals surface area contributed by atoms with Crippen molar-refractivity contribution in [1.29, 1.82) is 0 Å². The minimum Gasteiger partial charge on any atom is -0.493 e. The molecule has 0 radical (unpaired) electrons. The number of carboxylic acids is 1. The lowest BCUT2D eigenvalue weighted by Gasteiger charge is -2.26. The Labute approximate surface area is 198 Å². The van der Waals surface area contributed by atoms with Gasteiger partial charge in [-0.25, -0.2) is 4.98 Å². The lowest BCUT2D eigenvalue weighted by Crippen LogP contribution is -2.32. The first-order valence-electron chi connectivity index (χ1n) is 11.3. The molecule has 4 rings (SSSR count). The predicted octanol–water partition coefficient (Wildman–Crippen LogP) is 5.46. The number of nitrogens with zero attached hydrogens (tertiary/aromatic N) is 2. The van der Waals surface area contributed by atoms with E-state index in [1.165, 1.54) is 21.9 Å². The Morgan fingerprint density at radius 3 is 2.81 bits per heavy atom. The van der Waals surface area contributed by atoms with Gasteiger partial charge in [0.05, 0.1) is 17.7 Å². The average molecular weight is 473 g/mol. The number of aromatic nitrogens is 1. The Kier molecular flexibility index (Phi) is 7.15. The quantitative estimate of drug-likeness (QED) is 0.551. The van der Waals surface area contributed by atoms with Crippen molar-refractivity contribution in [1.82, 2.24) is 4.98 Å². The van der Waals surface area contributed by atoms with Crippen LogP contribution >= 0.6 is 23.1 Å². The first-order valence-corrected chi connectivity index (χ1v) is 13.3. The molecular weight excluding hydrogens is 440 g/mol. The summed E-state index contributed by atoms with van der Waals surface area (Å²) >= 11 is 3.81. The van der Waals surface area contributed by atoms with Crippen LogP contribution in [-0.2, 0) is 17.6 Å².